The van der Waals surface area contributed by atoms with Crippen LogP contribution in [0.4, 0.5) is 0 Å². The third-order valence-electron chi connectivity index (χ3n) is 3.79. The van der Waals surface area contributed by atoms with E-state index in [1.807, 2.05) is 0 Å². The minimum absolute atomic E-state index is 0.515. The van der Waals surface area contributed by atoms with Crippen LogP contribution in [0.15, 0.2) is 12.2 Å². The van der Waals surface area contributed by atoms with Crippen LogP contribution in [-0.4, -0.2) is 14.4 Å². The van der Waals surface area contributed by atoms with Gasteiger partial charge in [-0.15, -0.1) is 0 Å². The molecule has 1 rings (SSSR count). The molecule has 18 heavy (non-hydrogen) atoms. The number of hydrogen-bond acceptors (Lipinski definition) is 1. The highest BCUT2D eigenvalue weighted by molar-refractivity contribution is 6.71. The molecule has 0 aromatic rings. The Bertz CT molecular complexity index is 235. The fourth-order valence-electron chi connectivity index (χ4n) is 2.67. The summed E-state index contributed by atoms with van der Waals surface area (Å²) in [6, 6.07) is 1.19. The highest BCUT2D eigenvalue weighted by atomic mass is 28.4. The Hall–Kier alpha value is -0.0831. The molecule has 0 saturated carbocycles. The molecule has 0 aliphatic carbocycles. The van der Waals surface area contributed by atoms with E-state index < -0.39 is 8.32 Å². The summed E-state index contributed by atoms with van der Waals surface area (Å²) in [6.45, 7) is 6.98. The molecule has 1 unspecified atom stereocenters. The molecule has 1 atom stereocenters. The molecule has 0 aromatic heterocycles. The smallest absolute Gasteiger partial charge is 0.190 e. The predicted octanol–water partition coefficient (Wildman–Crippen LogP) is 5.68. The van der Waals surface area contributed by atoms with E-state index in [1.54, 1.807) is 0 Å². The van der Waals surface area contributed by atoms with Gasteiger partial charge in [-0.05, 0) is 32.0 Å². The lowest BCUT2D eigenvalue weighted by molar-refractivity contribution is 0.183. The molecule has 1 aliphatic rings. The van der Waals surface area contributed by atoms with E-state index in [4.69, 9.17) is 4.43 Å². The predicted molar refractivity (Wildman–Crippen MR) is 83.5 cm³/mol. The van der Waals surface area contributed by atoms with Crippen molar-refractivity contribution < 1.29 is 4.43 Å². The van der Waals surface area contributed by atoms with Crippen molar-refractivity contribution in [2.75, 3.05) is 0 Å². The largest absolute Gasteiger partial charge is 0.414 e. The van der Waals surface area contributed by atoms with Crippen LogP contribution < -0.4 is 0 Å². The van der Waals surface area contributed by atoms with Crippen LogP contribution in [0.25, 0.3) is 0 Å². The minimum Gasteiger partial charge on any atom is -0.414 e. The van der Waals surface area contributed by atoms with Gasteiger partial charge in [-0.1, -0.05) is 64.0 Å². The van der Waals surface area contributed by atoms with Gasteiger partial charge in [0.15, 0.2) is 8.32 Å². The van der Waals surface area contributed by atoms with E-state index in [9.17, 15) is 0 Å². The maximum Gasteiger partial charge on any atom is 0.190 e. The van der Waals surface area contributed by atoms with Crippen molar-refractivity contribution in [1.82, 2.24) is 0 Å². The Balaban J connectivity index is 2.06. The standard InChI is InChI=1S/C16H32OSi/c1-4-5-6-7-8-9-10-13-16-14-11-12-15-18(2,3)17-16/h11-12,16H,4-10,13-15H2,1-3H3. The van der Waals surface area contributed by atoms with Crippen LogP contribution in [0.1, 0.15) is 64.7 Å². The van der Waals surface area contributed by atoms with Crippen molar-refractivity contribution >= 4 is 8.32 Å². The van der Waals surface area contributed by atoms with Crippen molar-refractivity contribution in [2.24, 2.45) is 0 Å². The van der Waals surface area contributed by atoms with Gasteiger partial charge in [0.25, 0.3) is 0 Å². The van der Waals surface area contributed by atoms with E-state index in [0.717, 1.165) is 6.42 Å². The van der Waals surface area contributed by atoms with E-state index in [2.05, 4.69) is 32.2 Å². The van der Waals surface area contributed by atoms with Gasteiger partial charge in [0.2, 0.25) is 0 Å². The monoisotopic (exact) mass is 268 g/mol. The summed E-state index contributed by atoms with van der Waals surface area (Å²) in [6.07, 6.45) is 17.4. The summed E-state index contributed by atoms with van der Waals surface area (Å²) in [5, 5.41) is 0. The SMILES string of the molecule is CCCCCCCCCC1CC=CC[Si](C)(C)O1. The lowest BCUT2D eigenvalue weighted by atomic mass is 10.0. The van der Waals surface area contributed by atoms with Gasteiger partial charge in [0.05, 0.1) is 0 Å². The highest BCUT2D eigenvalue weighted by Gasteiger charge is 2.26. The number of rotatable bonds is 8. The van der Waals surface area contributed by atoms with E-state index in [-0.39, 0.29) is 0 Å². The Labute approximate surface area is 115 Å². The van der Waals surface area contributed by atoms with E-state index >= 15 is 0 Å². The normalized spacial score (nSPS) is 22.9. The van der Waals surface area contributed by atoms with Gasteiger partial charge in [-0.25, -0.2) is 0 Å². The first-order valence-electron chi connectivity index (χ1n) is 7.97. The number of unbranched alkanes of at least 4 members (excludes halogenated alkanes) is 6. The fourth-order valence-corrected chi connectivity index (χ4v) is 4.62. The second-order valence-corrected chi connectivity index (χ2v) is 10.5. The van der Waals surface area contributed by atoms with Crippen molar-refractivity contribution in [1.29, 1.82) is 0 Å². The van der Waals surface area contributed by atoms with Crippen LogP contribution in [0.2, 0.25) is 19.1 Å². The molecule has 0 N–H and O–H groups in total. The summed E-state index contributed by atoms with van der Waals surface area (Å²) >= 11 is 0. The first-order chi connectivity index (χ1) is 8.64. The van der Waals surface area contributed by atoms with Crippen LogP contribution in [0.3, 0.4) is 0 Å². The average Bonchev–Trinajstić information content (AvgIpc) is 2.49. The lowest BCUT2D eigenvalue weighted by Gasteiger charge is -2.26. The van der Waals surface area contributed by atoms with Crippen LogP contribution >= 0.6 is 0 Å². The zero-order valence-corrected chi connectivity index (χ0v) is 13.7. The molecular weight excluding hydrogens is 236 g/mol. The molecule has 1 heterocycles. The molecule has 0 amide bonds. The molecular formula is C16H32OSi. The second-order valence-electron chi connectivity index (χ2n) is 6.32. The zero-order valence-electron chi connectivity index (χ0n) is 12.7. The van der Waals surface area contributed by atoms with Crippen molar-refractivity contribution in [3.05, 3.63) is 12.2 Å². The Morgan fingerprint density at radius 1 is 1.00 bits per heavy atom. The van der Waals surface area contributed by atoms with Crippen molar-refractivity contribution in [3.8, 4) is 0 Å². The Kier molecular flexibility index (Phi) is 7.92. The topological polar surface area (TPSA) is 9.23 Å². The number of hydrogen-bond donors (Lipinski definition) is 0. The summed E-state index contributed by atoms with van der Waals surface area (Å²) in [7, 11) is -1.38. The van der Waals surface area contributed by atoms with Crippen LogP contribution in [0.5, 0.6) is 0 Å². The molecule has 0 aromatic carbocycles. The quantitative estimate of drug-likeness (QED) is 0.313. The van der Waals surface area contributed by atoms with E-state index in [1.165, 1.54) is 57.4 Å². The summed E-state index contributed by atoms with van der Waals surface area (Å²) < 4.78 is 6.32. The molecule has 0 spiro atoms. The second kappa shape index (κ2) is 8.92. The molecule has 0 radical (unpaired) electrons. The van der Waals surface area contributed by atoms with Gasteiger partial charge >= 0.3 is 0 Å². The molecule has 1 aliphatic heterocycles. The minimum atomic E-state index is -1.38. The Morgan fingerprint density at radius 3 is 2.39 bits per heavy atom. The molecule has 0 fully saturated rings. The molecule has 0 saturated heterocycles. The van der Waals surface area contributed by atoms with Crippen molar-refractivity contribution in [2.45, 2.75) is 90.0 Å². The molecule has 106 valence electrons. The Morgan fingerprint density at radius 2 is 1.67 bits per heavy atom. The first kappa shape index (κ1) is 16.0. The summed E-state index contributed by atoms with van der Waals surface area (Å²) in [5.41, 5.74) is 0. The average molecular weight is 269 g/mol. The van der Waals surface area contributed by atoms with Gasteiger partial charge in [0.1, 0.15) is 0 Å². The molecule has 0 bridgehead atoms. The van der Waals surface area contributed by atoms with Gasteiger partial charge in [0, 0.05) is 6.10 Å². The van der Waals surface area contributed by atoms with Gasteiger partial charge in [-0.2, -0.15) is 0 Å². The molecule has 1 nitrogen and oxygen atoms in total. The van der Waals surface area contributed by atoms with Gasteiger partial charge < -0.3 is 4.43 Å². The summed E-state index contributed by atoms with van der Waals surface area (Å²) in [4.78, 5) is 0. The van der Waals surface area contributed by atoms with Crippen LogP contribution in [0, 0.1) is 0 Å². The van der Waals surface area contributed by atoms with E-state index in [0.29, 0.717) is 6.10 Å². The summed E-state index contributed by atoms with van der Waals surface area (Å²) in [5.74, 6) is 0. The maximum absolute atomic E-state index is 6.32. The van der Waals surface area contributed by atoms with Crippen molar-refractivity contribution in [3.63, 3.8) is 0 Å². The third kappa shape index (κ3) is 7.37. The zero-order chi connectivity index (χ0) is 13.3. The highest BCUT2D eigenvalue weighted by Crippen LogP contribution is 2.23. The maximum atomic E-state index is 6.32. The third-order valence-corrected chi connectivity index (χ3v) is 5.98. The van der Waals surface area contributed by atoms with Gasteiger partial charge in [-0.3, -0.25) is 0 Å². The van der Waals surface area contributed by atoms with Crippen LogP contribution in [-0.2, 0) is 4.43 Å². The number of allylic oxidation sites excluding steroid dienone is 1. The fraction of sp³-hybridized carbons (Fsp3) is 0.875. The molecule has 2 heteroatoms. The lowest BCUT2D eigenvalue weighted by Crippen LogP contribution is -2.33. The first-order valence-corrected chi connectivity index (χ1v) is 11.1.